The van der Waals surface area contributed by atoms with Gasteiger partial charge in [-0.3, -0.25) is 15.6 Å². The van der Waals surface area contributed by atoms with E-state index in [0.29, 0.717) is 5.11 Å². The lowest BCUT2D eigenvalue weighted by atomic mass is 10.1. The lowest BCUT2D eigenvalue weighted by Crippen LogP contribution is -2.43. The molecule has 1 amide bonds. The SMILES string of the molecule is CCc1ccccc1NC(=S)NNC(=O)c1cc2c(s1)CCCCC2. The van der Waals surface area contributed by atoms with Crippen molar-refractivity contribution in [2.75, 3.05) is 5.32 Å². The third kappa shape index (κ3) is 4.58. The second-order valence-corrected chi connectivity index (χ2v) is 7.71. The van der Waals surface area contributed by atoms with E-state index >= 15 is 0 Å². The highest BCUT2D eigenvalue weighted by molar-refractivity contribution is 7.80. The maximum absolute atomic E-state index is 12.4. The van der Waals surface area contributed by atoms with E-state index in [0.717, 1.165) is 29.8 Å². The van der Waals surface area contributed by atoms with Gasteiger partial charge < -0.3 is 5.32 Å². The zero-order valence-corrected chi connectivity index (χ0v) is 16.0. The Labute approximate surface area is 158 Å². The predicted octanol–water partition coefficient (Wildman–Crippen LogP) is 4.21. The number of hydrogen-bond acceptors (Lipinski definition) is 3. The number of fused-ring (bicyclic) bond motifs is 1. The van der Waals surface area contributed by atoms with E-state index in [-0.39, 0.29) is 5.91 Å². The van der Waals surface area contributed by atoms with Crippen LogP contribution in [0, 0.1) is 0 Å². The molecule has 3 N–H and O–H groups in total. The second kappa shape index (κ2) is 8.45. The Morgan fingerprint density at radius 2 is 1.96 bits per heavy atom. The number of amides is 1. The number of carbonyl (C=O) groups is 1. The molecule has 1 aromatic heterocycles. The first-order valence-electron chi connectivity index (χ1n) is 8.74. The van der Waals surface area contributed by atoms with Gasteiger partial charge in [-0.1, -0.05) is 31.5 Å². The molecule has 132 valence electrons. The van der Waals surface area contributed by atoms with E-state index < -0.39 is 0 Å². The number of nitrogens with one attached hydrogen (secondary N) is 3. The standard InChI is InChI=1S/C19H23N3OS2/c1-2-13-8-6-7-10-15(13)20-19(24)22-21-18(23)17-12-14-9-4-3-5-11-16(14)25-17/h6-8,10,12H,2-5,9,11H2,1H3,(H,21,23)(H2,20,22,24). The molecule has 0 radical (unpaired) electrons. The Hall–Kier alpha value is -1.92. The number of hydrogen-bond donors (Lipinski definition) is 3. The molecule has 1 aromatic carbocycles. The summed E-state index contributed by atoms with van der Waals surface area (Å²) in [5.41, 5.74) is 8.98. The normalized spacial score (nSPS) is 13.5. The number of carbonyl (C=O) groups excluding carboxylic acids is 1. The Morgan fingerprint density at radius 1 is 1.16 bits per heavy atom. The van der Waals surface area contributed by atoms with Crippen LogP contribution in [0.25, 0.3) is 0 Å². The van der Waals surface area contributed by atoms with Gasteiger partial charge in [-0.25, -0.2) is 0 Å². The number of anilines is 1. The molecule has 2 aromatic rings. The highest BCUT2D eigenvalue weighted by Gasteiger charge is 2.16. The monoisotopic (exact) mass is 373 g/mol. The summed E-state index contributed by atoms with van der Waals surface area (Å²) in [6.07, 6.45) is 6.81. The van der Waals surface area contributed by atoms with Crippen LogP contribution in [0.15, 0.2) is 30.3 Å². The van der Waals surface area contributed by atoms with Crippen LogP contribution in [-0.4, -0.2) is 11.0 Å². The number of hydrazine groups is 1. The smallest absolute Gasteiger partial charge is 0.279 e. The summed E-state index contributed by atoms with van der Waals surface area (Å²) in [5, 5.41) is 3.52. The molecule has 0 saturated heterocycles. The molecule has 0 saturated carbocycles. The number of para-hydroxylation sites is 1. The third-order valence-electron chi connectivity index (χ3n) is 4.41. The van der Waals surface area contributed by atoms with Crippen molar-refractivity contribution < 1.29 is 4.79 Å². The molecule has 4 nitrogen and oxygen atoms in total. The zero-order valence-electron chi connectivity index (χ0n) is 14.4. The largest absolute Gasteiger partial charge is 0.331 e. The summed E-state index contributed by atoms with van der Waals surface area (Å²) >= 11 is 6.89. The summed E-state index contributed by atoms with van der Waals surface area (Å²) in [5.74, 6) is -0.133. The highest BCUT2D eigenvalue weighted by atomic mass is 32.1. The number of benzene rings is 1. The van der Waals surface area contributed by atoms with Crippen molar-refractivity contribution in [1.82, 2.24) is 10.9 Å². The Kier molecular flexibility index (Phi) is 6.04. The summed E-state index contributed by atoms with van der Waals surface area (Å²) in [7, 11) is 0. The van der Waals surface area contributed by atoms with Gasteiger partial charge in [0.25, 0.3) is 5.91 Å². The molecule has 0 fully saturated rings. The van der Waals surface area contributed by atoms with E-state index in [4.69, 9.17) is 12.2 Å². The number of rotatable bonds is 3. The predicted molar refractivity (Wildman–Crippen MR) is 108 cm³/mol. The number of thiocarbonyl (C=S) groups is 1. The summed E-state index contributed by atoms with van der Waals surface area (Å²) < 4.78 is 0. The molecule has 0 bridgehead atoms. The molecule has 6 heteroatoms. The van der Waals surface area contributed by atoms with Gasteiger partial charge in [0.15, 0.2) is 5.11 Å². The van der Waals surface area contributed by atoms with Crippen molar-refractivity contribution in [3.05, 3.63) is 51.2 Å². The van der Waals surface area contributed by atoms with Crippen LogP contribution in [-0.2, 0) is 19.3 Å². The van der Waals surface area contributed by atoms with Crippen LogP contribution < -0.4 is 16.2 Å². The van der Waals surface area contributed by atoms with Gasteiger partial charge in [0.2, 0.25) is 0 Å². The minimum absolute atomic E-state index is 0.133. The molecular formula is C19H23N3OS2. The average molecular weight is 374 g/mol. The van der Waals surface area contributed by atoms with Gasteiger partial charge in [-0.15, -0.1) is 11.3 Å². The number of thiophene rings is 1. The first-order valence-corrected chi connectivity index (χ1v) is 9.96. The maximum atomic E-state index is 12.4. The minimum Gasteiger partial charge on any atom is -0.331 e. The number of aryl methyl sites for hydroxylation is 3. The lowest BCUT2D eigenvalue weighted by molar-refractivity contribution is 0.0948. The van der Waals surface area contributed by atoms with E-state index in [1.165, 1.54) is 35.3 Å². The summed E-state index contributed by atoms with van der Waals surface area (Å²) in [6, 6.07) is 10.0. The van der Waals surface area contributed by atoms with Crippen molar-refractivity contribution in [3.8, 4) is 0 Å². The molecule has 0 aliphatic heterocycles. The van der Waals surface area contributed by atoms with Crippen LogP contribution in [0.4, 0.5) is 5.69 Å². The topological polar surface area (TPSA) is 53.2 Å². The van der Waals surface area contributed by atoms with Gasteiger partial charge in [0.05, 0.1) is 4.88 Å². The van der Waals surface area contributed by atoms with Crippen LogP contribution >= 0.6 is 23.6 Å². The van der Waals surface area contributed by atoms with Crippen molar-refractivity contribution in [1.29, 1.82) is 0 Å². The second-order valence-electron chi connectivity index (χ2n) is 6.16. The molecule has 3 rings (SSSR count). The molecular weight excluding hydrogens is 350 g/mol. The van der Waals surface area contributed by atoms with Gasteiger partial charge in [-0.2, -0.15) is 0 Å². The van der Waals surface area contributed by atoms with E-state index in [2.05, 4.69) is 29.2 Å². The minimum atomic E-state index is -0.133. The maximum Gasteiger partial charge on any atom is 0.279 e. The van der Waals surface area contributed by atoms with Crippen LogP contribution in [0.2, 0.25) is 0 Å². The van der Waals surface area contributed by atoms with Crippen molar-refractivity contribution in [2.45, 2.75) is 45.4 Å². The molecule has 1 aliphatic carbocycles. The van der Waals surface area contributed by atoms with E-state index in [1.54, 1.807) is 11.3 Å². The fourth-order valence-corrected chi connectivity index (χ4v) is 4.37. The third-order valence-corrected chi connectivity index (χ3v) is 5.85. The fourth-order valence-electron chi connectivity index (χ4n) is 3.06. The van der Waals surface area contributed by atoms with Crippen molar-refractivity contribution in [3.63, 3.8) is 0 Å². The zero-order chi connectivity index (χ0) is 17.6. The van der Waals surface area contributed by atoms with Crippen LogP contribution in [0.5, 0.6) is 0 Å². The van der Waals surface area contributed by atoms with Gasteiger partial charge in [-0.05, 0) is 67.6 Å². The van der Waals surface area contributed by atoms with E-state index in [1.807, 2.05) is 24.3 Å². The van der Waals surface area contributed by atoms with E-state index in [9.17, 15) is 4.79 Å². The first kappa shape index (κ1) is 17.9. The molecule has 25 heavy (non-hydrogen) atoms. The Bertz CT molecular complexity index is 746. The molecule has 0 atom stereocenters. The lowest BCUT2D eigenvalue weighted by Gasteiger charge is -2.13. The van der Waals surface area contributed by atoms with Crippen LogP contribution in [0.3, 0.4) is 0 Å². The van der Waals surface area contributed by atoms with Gasteiger partial charge in [0.1, 0.15) is 0 Å². The van der Waals surface area contributed by atoms with Gasteiger partial charge in [0, 0.05) is 10.6 Å². The van der Waals surface area contributed by atoms with Crippen LogP contribution in [0.1, 0.15) is 51.9 Å². The Morgan fingerprint density at radius 3 is 2.80 bits per heavy atom. The molecule has 0 spiro atoms. The highest BCUT2D eigenvalue weighted by Crippen LogP contribution is 2.28. The molecule has 0 unspecified atom stereocenters. The quantitative estimate of drug-likeness (QED) is 0.429. The fraction of sp³-hybridized carbons (Fsp3) is 0.368. The first-order chi connectivity index (χ1) is 12.2. The summed E-state index contributed by atoms with van der Waals surface area (Å²) in [6.45, 7) is 2.10. The average Bonchev–Trinajstić information content (AvgIpc) is 2.91. The van der Waals surface area contributed by atoms with Gasteiger partial charge >= 0.3 is 0 Å². The molecule has 1 heterocycles. The molecule has 1 aliphatic rings. The summed E-state index contributed by atoms with van der Waals surface area (Å²) in [4.78, 5) is 14.5. The van der Waals surface area contributed by atoms with Crippen molar-refractivity contribution >= 4 is 40.3 Å². The Balaban J connectivity index is 1.56. The van der Waals surface area contributed by atoms with Crippen molar-refractivity contribution in [2.24, 2.45) is 0 Å².